The summed E-state index contributed by atoms with van der Waals surface area (Å²) in [5.41, 5.74) is 2.72. The molecular formula is C27H42O3. The van der Waals surface area contributed by atoms with Gasteiger partial charge in [0.05, 0.1) is 12.7 Å². The first-order valence-electron chi connectivity index (χ1n) is 12.3. The first kappa shape index (κ1) is 22.0. The minimum absolute atomic E-state index is 0.288. The summed E-state index contributed by atoms with van der Waals surface area (Å²) in [6.45, 7) is 8.94. The Hall–Kier alpha value is -1.22. The summed E-state index contributed by atoms with van der Waals surface area (Å²) in [4.78, 5) is 0. The fourth-order valence-electron chi connectivity index (χ4n) is 7.78. The monoisotopic (exact) mass is 414 g/mol. The fourth-order valence-corrected chi connectivity index (χ4v) is 7.78. The van der Waals surface area contributed by atoms with Gasteiger partial charge in [-0.2, -0.15) is 0 Å². The van der Waals surface area contributed by atoms with E-state index in [0.29, 0.717) is 17.1 Å². The largest absolute Gasteiger partial charge is 0.504 e. The van der Waals surface area contributed by atoms with Crippen molar-refractivity contribution in [2.75, 3.05) is 7.11 Å². The van der Waals surface area contributed by atoms with Gasteiger partial charge in [0.1, 0.15) is 0 Å². The number of benzene rings is 1. The Morgan fingerprint density at radius 1 is 1.20 bits per heavy atom. The van der Waals surface area contributed by atoms with Crippen LogP contribution in [0.4, 0.5) is 0 Å². The normalized spacial score (nSPS) is 34.1. The van der Waals surface area contributed by atoms with Crippen molar-refractivity contribution in [3.63, 3.8) is 0 Å². The van der Waals surface area contributed by atoms with Crippen LogP contribution in [0.5, 0.6) is 11.5 Å². The van der Waals surface area contributed by atoms with Crippen molar-refractivity contribution in [3.8, 4) is 11.5 Å². The molecule has 30 heavy (non-hydrogen) atoms. The zero-order chi connectivity index (χ0) is 21.7. The lowest BCUT2D eigenvalue weighted by Crippen LogP contribution is -2.43. The third-order valence-electron chi connectivity index (χ3n) is 9.23. The topological polar surface area (TPSA) is 49.7 Å². The quantitative estimate of drug-likeness (QED) is 0.562. The predicted molar refractivity (Wildman–Crippen MR) is 122 cm³/mol. The highest BCUT2D eigenvalue weighted by Gasteiger charge is 2.55. The molecule has 3 heteroatoms. The van der Waals surface area contributed by atoms with Gasteiger partial charge < -0.3 is 14.9 Å². The summed E-state index contributed by atoms with van der Waals surface area (Å²) in [7, 11) is 1.65. The fraction of sp³-hybridized carbons (Fsp3) is 0.778. The molecule has 1 aromatic carbocycles. The molecular weight excluding hydrogens is 372 g/mol. The molecule has 3 aliphatic carbocycles. The molecule has 0 radical (unpaired) electrons. The lowest BCUT2D eigenvalue weighted by atomic mass is 9.53. The summed E-state index contributed by atoms with van der Waals surface area (Å²) in [6.07, 6.45) is 11.0. The number of aliphatic hydroxyl groups is 1. The van der Waals surface area contributed by atoms with Crippen LogP contribution < -0.4 is 4.74 Å². The Morgan fingerprint density at radius 3 is 2.67 bits per heavy atom. The zero-order valence-electron chi connectivity index (χ0n) is 19.7. The number of phenols is 1. The number of methoxy groups -OCH3 is 1. The van der Waals surface area contributed by atoms with Crippen LogP contribution in [0.1, 0.15) is 96.1 Å². The van der Waals surface area contributed by atoms with Crippen LogP contribution in [-0.4, -0.2) is 22.9 Å². The van der Waals surface area contributed by atoms with Crippen molar-refractivity contribution >= 4 is 0 Å². The summed E-state index contributed by atoms with van der Waals surface area (Å²) < 4.78 is 5.44. The Bertz CT molecular complexity index is 764. The molecule has 3 aliphatic rings. The van der Waals surface area contributed by atoms with Gasteiger partial charge in [0.2, 0.25) is 0 Å². The molecule has 6 atom stereocenters. The van der Waals surface area contributed by atoms with E-state index in [4.69, 9.17) is 4.74 Å². The number of phenolic OH excluding ortho intramolecular Hbond substituents is 1. The molecule has 0 aromatic heterocycles. The zero-order valence-corrected chi connectivity index (χ0v) is 19.7. The minimum atomic E-state index is -0.537. The van der Waals surface area contributed by atoms with E-state index in [1.54, 1.807) is 7.11 Å². The number of hydrogen-bond donors (Lipinski definition) is 2. The molecule has 3 nitrogen and oxygen atoms in total. The summed E-state index contributed by atoms with van der Waals surface area (Å²) in [5.74, 6) is 4.71. The van der Waals surface area contributed by atoms with E-state index in [9.17, 15) is 10.2 Å². The number of aromatic hydroxyl groups is 1. The van der Waals surface area contributed by atoms with E-state index < -0.39 is 5.60 Å². The molecule has 2 saturated carbocycles. The van der Waals surface area contributed by atoms with Crippen LogP contribution >= 0.6 is 0 Å². The first-order chi connectivity index (χ1) is 14.1. The minimum Gasteiger partial charge on any atom is -0.504 e. The molecule has 168 valence electrons. The molecule has 0 bridgehead atoms. The summed E-state index contributed by atoms with van der Waals surface area (Å²) in [6, 6.07) is 4.09. The molecule has 0 heterocycles. The van der Waals surface area contributed by atoms with Gasteiger partial charge in [-0.05, 0) is 117 Å². The second-order valence-electron chi connectivity index (χ2n) is 11.5. The van der Waals surface area contributed by atoms with Crippen molar-refractivity contribution in [3.05, 3.63) is 23.3 Å². The smallest absolute Gasteiger partial charge is 0.160 e. The van der Waals surface area contributed by atoms with Crippen LogP contribution in [0.2, 0.25) is 0 Å². The van der Waals surface area contributed by atoms with Gasteiger partial charge in [-0.1, -0.05) is 26.7 Å². The highest BCUT2D eigenvalue weighted by molar-refractivity contribution is 5.49. The molecule has 0 saturated heterocycles. The lowest BCUT2D eigenvalue weighted by Gasteiger charge is -2.52. The van der Waals surface area contributed by atoms with Crippen molar-refractivity contribution in [2.24, 2.45) is 29.1 Å². The Labute approximate surface area is 183 Å². The molecule has 0 aliphatic heterocycles. The predicted octanol–water partition coefficient (Wildman–Crippen LogP) is 6.45. The number of hydrogen-bond acceptors (Lipinski definition) is 3. The molecule has 1 aromatic rings. The second kappa shape index (κ2) is 8.04. The third-order valence-corrected chi connectivity index (χ3v) is 9.23. The maximum Gasteiger partial charge on any atom is 0.160 e. The van der Waals surface area contributed by atoms with E-state index in [1.807, 2.05) is 19.9 Å². The van der Waals surface area contributed by atoms with Gasteiger partial charge in [0.15, 0.2) is 11.5 Å². The molecule has 2 fully saturated rings. The average molecular weight is 415 g/mol. The third kappa shape index (κ3) is 3.87. The van der Waals surface area contributed by atoms with E-state index in [0.717, 1.165) is 42.9 Å². The highest BCUT2D eigenvalue weighted by atomic mass is 16.5. The van der Waals surface area contributed by atoms with Crippen LogP contribution in [0.15, 0.2) is 12.1 Å². The van der Waals surface area contributed by atoms with Crippen LogP contribution in [-0.2, 0) is 6.42 Å². The Balaban J connectivity index is 1.50. The maximum absolute atomic E-state index is 10.2. The molecule has 2 N–H and O–H groups in total. The van der Waals surface area contributed by atoms with Crippen molar-refractivity contribution in [2.45, 2.75) is 97.0 Å². The van der Waals surface area contributed by atoms with Crippen LogP contribution in [0.25, 0.3) is 0 Å². The van der Waals surface area contributed by atoms with Gasteiger partial charge in [-0.25, -0.2) is 0 Å². The van der Waals surface area contributed by atoms with Crippen LogP contribution in [0, 0.1) is 29.1 Å². The van der Waals surface area contributed by atoms with E-state index >= 15 is 0 Å². The molecule has 4 rings (SSSR count). The van der Waals surface area contributed by atoms with Crippen molar-refractivity contribution in [1.29, 1.82) is 0 Å². The average Bonchev–Trinajstić information content (AvgIpc) is 3.03. The standard InChI is InChI=1S/C27H42O3/c1-17(7-6-13-26(2,3)29)22-10-11-23-20-9-8-18-15-24(28)25(30-5)16-21(18)19(20)12-14-27(22,23)4/h15-17,19-20,22-23,28-29H,6-14H2,1-5H3/t17-,19+,20-,22-,23+,27-/m1/s1. The van der Waals surface area contributed by atoms with Gasteiger partial charge in [0, 0.05) is 0 Å². The van der Waals surface area contributed by atoms with Crippen LogP contribution in [0.3, 0.4) is 0 Å². The summed E-state index contributed by atoms with van der Waals surface area (Å²) in [5, 5.41) is 20.3. The van der Waals surface area contributed by atoms with Crippen molar-refractivity contribution in [1.82, 2.24) is 0 Å². The van der Waals surface area contributed by atoms with Gasteiger partial charge in [0.25, 0.3) is 0 Å². The Kier molecular flexibility index (Phi) is 5.89. The SMILES string of the molecule is COc1cc2c(cc1O)CC[C@@H]1[C@@H]2CC[C@]2(C)[C@@H]([C@H](C)CCCC(C)(C)O)CC[C@@H]12. The molecule has 0 spiro atoms. The summed E-state index contributed by atoms with van der Waals surface area (Å²) >= 11 is 0. The second-order valence-corrected chi connectivity index (χ2v) is 11.5. The first-order valence-corrected chi connectivity index (χ1v) is 12.3. The highest BCUT2D eigenvalue weighted by Crippen LogP contribution is 2.64. The van der Waals surface area contributed by atoms with Gasteiger partial charge in [-0.3, -0.25) is 0 Å². The van der Waals surface area contributed by atoms with E-state index in [2.05, 4.69) is 19.9 Å². The number of aryl methyl sites for hydroxylation is 1. The van der Waals surface area contributed by atoms with Gasteiger partial charge in [-0.15, -0.1) is 0 Å². The number of ether oxygens (including phenoxy) is 1. The van der Waals surface area contributed by atoms with E-state index in [-0.39, 0.29) is 5.75 Å². The maximum atomic E-state index is 10.2. The van der Waals surface area contributed by atoms with E-state index in [1.165, 1.54) is 49.7 Å². The molecule has 0 amide bonds. The number of fused-ring (bicyclic) bond motifs is 5. The lowest BCUT2D eigenvalue weighted by molar-refractivity contribution is 0.00795. The molecule has 0 unspecified atom stereocenters. The van der Waals surface area contributed by atoms with Crippen molar-refractivity contribution < 1.29 is 14.9 Å². The number of rotatable bonds is 6. The van der Waals surface area contributed by atoms with Gasteiger partial charge >= 0.3 is 0 Å². The Morgan fingerprint density at radius 2 is 1.97 bits per heavy atom.